The third-order valence-electron chi connectivity index (χ3n) is 2.23. The van der Waals surface area contributed by atoms with Crippen LogP contribution in [0.3, 0.4) is 0 Å². The van der Waals surface area contributed by atoms with E-state index in [9.17, 15) is 4.79 Å². The molecule has 2 rings (SSSR count). The lowest BCUT2D eigenvalue weighted by atomic mass is 10.2. The van der Waals surface area contributed by atoms with E-state index in [1.54, 1.807) is 18.0 Å². The van der Waals surface area contributed by atoms with Gasteiger partial charge in [-0.15, -0.1) is 0 Å². The second-order valence-corrected chi connectivity index (χ2v) is 5.90. The van der Waals surface area contributed by atoms with Gasteiger partial charge in [-0.3, -0.25) is 9.79 Å². The van der Waals surface area contributed by atoms with E-state index < -0.39 is 0 Å². The molecule has 0 fully saturated rings. The monoisotopic (exact) mass is 270 g/mol. The Kier molecular flexibility index (Phi) is 4.56. The van der Waals surface area contributed by atoms with Crippen LogP contribution in [0.5, 0.6) is 0 Å². The second kappa shape index (κ2) is 6.16. The van der Waals surface area contributed by atoms with E-state index in [2.05, 4.69) is 10.3 Å². The average Bonchev–Trinajstić information content (AvgIpc) is 2.99. The minimum absolute atomic E-state index is 0.00843. The zero-order valence-electron chi connectivity index (χ0n) is 9.51. The number of aliphatic imine (C=N–C) groups is 1. The van der Waals surface area contributed by atoms with Gasteiger partial charge in [-0.1, -0.05) is 23.5 Å². The van der Waals surface area contributed by atoms with Gasteiger partial charge in [-0.25, -0.2) is 0 Å². The lowest BCUT2D eigenvalue weighted by Gasteiger charge is -2.10. The molecular formula is C11H14N2O2S2. The summed E-state index contributed by atoms with van der Waals surface area (Å²) in [4.78, 5) is 15.9. The van der Waals surface area contributed by atoms with E-state index in [-0.39, 0.29) is 11.9 Å². The van der Waals surface area contributed by atoms with Crippen molar-refractivity contribution in [2.45, 2.75) is 13.0 Å². The van der Waals surface area contributed by atoms with Crippen LogP contribution in [0.1, 0.15) is 18.7 Å². The highest BCUT2D eigenvalue weighted by molar-refractivity contribution is 8.39. The van der Waals surface area contributed by atoms with Crippen molar-refractivity contribution in [3.8, 4) is 0 Å². The minimum Gasteiger partial charge on any atom is -0.467 e. The molecule has 6 heteroatoms. The number of amides is 1. The largest absolute Gasteiger partial charge is 0.467 e. The minimum atomic E-state index is -0.0868. The fraction of sp³-hybridized carbons (Fsp3) is 0.455. The van der Waals surface area contributed by atoms with E-state index in [1.807, 2.05) is 19.1 Å². The standard InChI is InChI=1S/C11H14N2O2S2/c1-8(9-3-2-5-15-9)13-10(14)7-17-11-12-4-6-16-11/h2-3,5,8H,4,6-7H2,1H3,(H,13,14). The van der Waals surface area contributed by atoms with Crippen LogP contribution in [0.2, 0.25) is 0 Å². The molecule has 0 saturated heterocycles. The van der Waals surface area contributed by atoms with Gasteiger partial charge in [0.25, 0.3) is 0 Å². The molecule has 1 amide bonds. The second-order valence-electron chi connectivity index (χ2n) is 3.59. The highest BCUT2D eigenvalue weighted by Crippen LogP contribution is 2.22. The molecule has 1 aliphatic rings. The Morgan fingerprint density at radius 1 is 1.76 bits per heavy atom. The summed E-state index contributed by atoms with van der Waals surface area (Å²) in [6.45, 7) is 2.78. The molecule has 0 aliphatic carbocycles. The molecule has 17 heavy (non-hydrogen) atoms. The zero-order valence-corrected chi connectivity index (χ0v) is 11.1. The van der Waals surface area contributed by atoms with Crippen LogP contribution in [-0.2, 0) is 4.79 Å². The van der Waals surface area contributed by atoms with Crippen LogP contribution in [0.25, 0.3) is 0 Å². The van der Waals surface area contributed by atoms with E-state index >= 15 is 0 Å². The maximum atomic E-state index is 11.7. The Morgan fingerprint density at radius 3 is 3.29 bits per heavy atom. The van der Waals surface area contributed by atoms with Crippen molar-refractivity contribution in [3.05, 3.63) is 24.2 Å². The van der Waals surface area contributed by atoms with Crippen LogP contribution in [0.4, 0.5) is 0 Å². The summed E-state index contributed by atoms with van der Waals surface area (Å²) in [6.07, 6.45) is 1.61. The van der Waals surface area contributed by atoms with E-state index in [0.29, 0.717) is 5.75 Å². The molecule has 1 aliphatic heterocycles. The van der Waals surface area contributed by atoms with Crippen molar-refractivity contribution in [2.75, 3.05) is 18.1 Å². The normalized spacial score (nSPS) is 16.6. The molecule has 1 N–H and O–H groups in total. The number of nitrogens with zero attached hydrogens (tertiary/aromatic N) is 1. The van der Waals surface area contributed by atoms with Crippen LogP contribution >= 0.6 is 23.5 Å². The molecule has 0 radical (unpaired) electrons. The van der Waals surface area contributed by atoms with Gasteiger partial charge in [0.2, 0.25) is 5.91 Å². The van der Waals surface area contributed by atoms with Gasteiger partial charge in [0.1, 0.15) is 10.1 Å². The molecule has 1 aromatic heterocycles. The first kappa shape index (κ1) is 12.6. The van der Waals surface area contributed by atoms with Crippen molar-refractivity contribution in [1.82, 2.24) is 5.32 Å². The quantitative estimate of drug-likeness (QED) is 0.912. The van der Waals surface area contributed by atoms with Crippen LogP contribution in [0.15, 0.2) is 27.8 Å². The molecule has 2 heterocycles. The summed E-state index contributed by atoms with van der Waals surface area (Å²) < 4.78 is 6.24. The van der Waals surface area contributed by atoms with Crippen molar-refractivity contribution >= 4 is 33.8 Å². The molecule has 1 unspecified atom stereocenters. The molecular weight excluding hydrogens is 256 g/mol. The van der Waals surface area contributed by atoms with Crippen LogP contribution in [0, 0.1) is 0 Å². The Bertz CT molecular complexity index is 404. The third-order valence-corrected chi connectivity index (χ3v) is 4.48. The molecule has 4 nitrogen and oxygen atoms in total. The fourth-order valence-corrected chi connectivity index (χ4v) is 3.24. The first-order chi connectivity index (χ1) is 8.25. The molecule has 0 spiro atoms. The topological polar surface area (TPSA) is 54.6 Å². The predicted molar refractivity (Wildman–Crippen MR) is 72.5 cm³/mol. The molecule has 1 atom stereocenters. The number of carbonyl (C=O) groups excluding carboxylic acids is 1. The summed E-state index contributed by atoms with van der Waals surface area (Å²) in [5.74, 6) is 2.23. The number of carbonyl (C=O) groups is 1. The van der Waals surface area contributed by atoms with Crippen molar-refractivity contribution in [1.29, 1.82) is 0 Å². The SMILES string of the molecule is CC(NC(=O)CSC1=NCCS1)c1ccco1. The number of rotatable bonds is 4. The molecule has 92 valence electrons. The van der Waals surface area contributed by atoms with E-state index in [1.165, 1.54) is 11.8 Å². The Labute approximate surface area is 109 Å². The number of thioether (sulfide) groups is 2. The highest BCUT2D eigenvalue weighted by atomic mass is 32.2. The molecule has 0 saturated carbocycles. The number of furan rings is 1. The fourth-order valence-electron chi connectivity index (χ4n) is 1.42. The van der Waals surface area contributed by atoms with Gasteiger partial charge in [0.15, 0.2) is 0 Å². The highest BCUT2D eigenvalue weighted by Gasteiger charge is 2.14. The van der Waals surface area contributed by atoms with Crippen molar-refractivity contribution in [2.24, 2.45) is 4.99 Å². The van der Waals surface area contributed by atoms with E-state index in [4.69, 9.17) is 4.42 Å². The summed E-state index contributed by atoms with van der Waals surface area (Å²) >= 11 is 3.22. The number of hydrogen-bond donors (Lipinski definition) is 1. The number of nitrogens with one attached hydrogen (secondary N) is 1. The number of hydrogen-bond acceptors (Lipinski definition) is 5. The van der Waals surface area contributed by atoms with Crippen molar-refractivity contribution < 1.29 is 9.21 Å². The van der Waals surface area contributed by atoms with Crippen molar-refractivity contribution in [3.63, 3.8) is 0 Å². The smallest absolute Gasteiger partial charge is 0.231 e. The molecule has 1 aromatic rings. The van der Waals surface area contributed by atoms with Gasteiger partial charge in [-0.05, 0) is 19.1 Å². The lowest BCUT2D eigenvalue weighted by Crippen LogP contribution is -2.28. The van der Waals surface area contributed by atoms with Crippen LogP contribution in [-0.4, -0.2) is 28.3 Å². The summed E-state index contributed by atoms with van der Waals surface area (Å²) in [5, 5.41) is 2.89. The van der Waals surface area contributed by atoms with Gasteiger partial charge in [-0.2, -0.15) is 0 Å². The maximum Gasteiger partial charge on any atom is 0.231 e. The third kappa shape index (κ3) is 3.81. The Morgan fingerprint density at radius 2 is 2.65 bits per heavy atom. The predicted octanol–water partition coefficient (Wildman–Crippen LogP) is 2.29. The van der Waals surface area contributed by atoms with Gasteiger partial charge < -0.3 is 9.73 Å². The summed E-state index contributed by atoms with van der Waals surface area (Å²) in [7, 11) is 0. The Balaban J connectivity index is 1.73. The maximum absolute atomic E-state index is 11.7. The average molecular weight is 270 g/mol. The first-order valence-corrected chi connectivity index (χ1v) is 7.35. The van der Waals surface area contributed by atoms with Gasteiger partial charge in [0, 0.05) is 5.75 Å². The van der Waals surface area contributed by atoms with Gasteiger partial charge in [0.05, 0.1) is 24.6 Å². The van der Waals surface area contributed by atoms with Crippen LogP contribution < -0.4 is 5.32 Å². The molecule has 0 bridgehead atoms. The summed E-state index contributed by atoms with van der Waals surface area (Å²) in [5.41, 5.74) is 0. The van der Waals surface area contributed by atoms with E-state index in [0.717, 1.165) is 22.4 Å². The first-order valence-electron chi connectivity index (χ1n) is 5.38. The molecule has 0 aromatic carbocycles. The Hall–Kier alpha value is -0.880. The summed E-state index contributed by atoms with van der Waals surface area (Å²) in [6, 6.07) is 3.59. The lowest BCUT2D eigenvalue weighted by molar-refractivity contribution is -0.119. The van der Waals surface area contributed by atoms with Gasteiger partial charge >= 0.3 is 0 Å². The zero-order chi connectivity index (χ0) is 12.1.